The number of H-pyrrole nitrogens is 1. The smallest absolute Gasteiger partial charge is 0.310 e. The Morgan fingerprint density at radius 2 is 2.05 bits per heavy atom. The van der Waals surface area contributed by atoms with Gasteiger partial charge in [-0.3, -0.25) is 24.2 Å². The second kappa shape index (κ2) is 4.51. The Labute approximate surface area is 118 Å². The molecule has 0 radical (unpaired) electrons. The van der Waals surface area contributed by atoms with E-state index < -0.39 is 11.1 Å². The molecule has 3 rings (SSSR count). The van der Waals surface area contributed by atoms with Crippen molar-refractivity contribution in [3.63, 3.8) is 0 Å². The van der Waals surface area contributed by atoms with Crippen LogP contribution in [-0.2, 0) is 7.05 Å². The molecule has 1 aliphatic heterocycles. The van der Waals surface area contributed by atoms with Crippen molar-refractivity contribution in [1.29, 1.82) is 0 Å². The molecule has 2 aromatic rings. The molecular weight excluding hydrogens is 276 g/mol. The van der Waals surface area contributed by atoms with Gasteiger partial charge in [-0.15, -0.1) is 0 Å². The maximum Gasteiger partial charge on any atom is 0.310 e. The lowest BCUT2D eigenvalue weighted by Crippen LogP contribution is -2.32. The van der Waals surface area contributed by atoms with E-state index in [4.69, 9.17) is 4.74 Å². The molecule has 8 heteroatoms. The van der Waals surface area contributed by atoms with Crippen LogP contribution in [0.15, 0.2) is 27.8 Å². The van der Waals surface area contributed by atoms with Crippen LogP contribution in [-0.4, -0.2) is 22.7 Å². The zero-order valence-corrected chi connectivity index (χ0v) is 11.3. The van der Waals surface area contributed by atoms with E-state index in [1.165, 1.54) is 14.1 Å². The fourth-order valence-corrected chi connectivity index (χ4v) is 2.13. The first-order valence-electron chi connectivity index (χ1n) is 6.16. The number of amides is 1. The fraction of sp³-hybridized carbons (Fsp3) is 0.154. The lowest BCUT2D eigenvalue weighted by atomic mass is 10.1. The van der Waals surface area contributed by atoms with Gasteiger partial charge < -0.3 is 15.4 Å². The monoisotopic (exact) mass is 288 g/mol. The maximum atomic E-state index is 12.1. The number of ether oxygens (including phenoxy) is 1. The van der Waals surface area contributed by atoms with Gasteiger partial charge in [-0.2, -0.15) is 0 Å². The van der Waals surface area contributed by atoms with Crippen molar-refractivity contribution in [3.05, 3.63) is 44.5 Å². The van der Waals surface area contributed by atoms with Crippen LogP contribution in [0.3, 0.4) is 0 Å². The topological polar surface area (TPSA) is 105 Å². The summed E-state index contributed by atoms with van der Waals surface area (Å²) in [6, 6.07) is 4.88. The van der Waals surface area contributed by atoms with Gasteiger partial charge in [0.15, 0.2) is 11.4 Å². The van der Waals surface area contributed by atoms with E-state index in [9.17, 15) is 14.4 Å². The van der Waals surface area contributed by atoms with Gasteiger partial charge in [0.1, 0.15) is 0 Å². The number of fused-ring (bicyclic) bond motifs is 2. The molecule has 0 atom stereocenters. The van der Waals surface area contributed by atoms with Crippen molar-refractivity contribution in [1.82, 2.24) is 15.1 Å². The van der Waals surface area contributed by atoms with Crippen LogP contribution in [0.1, 0.15) is 10.4 Å². The minimum atomic E-state index is -0.505. The van der Waals surface area contributed by atoms with Crippen molar-refractivity contribution in [2.24, 2.45) is 7.05 Å². The van der Waals surface area contributed by atoms with E-state index in [1.54, 1.807) is 18.2 Å². The normalized spacial score (nSPS) is 11.7. The Hall–Kier alpha value is -3.03. The summed E-state index contributed by atoms with van der Waals surface area (Å²) in [7, 11) is 2.91. The number of aromatic nitrogens is 2. The minimum Gasteiger partial charge on any atom is -0.446 e. The number of aromatic amines is 1. The third-order valence-corrected chi connectivity index (χ3v) is 3.17. The van der Waals surface area contributed by atoms with E-state index in [-0.39, 0.29) is 28.7 Å². The SMILES string of the molecule is CNC(=O)c1cccc2c1Oc1c(c(=O)[nH]n(C)c1=O)N2. The van der Waals surface area contributed by atoms with Crippen LogP contribution in [0.4, 0.5) is 11.4 Å². The molecule has 3 N–H and O–H groups in total. The van der Waals surface area contributed by atoms with Gasteiger partial charge in [-0.1, -0.05) is 6.07 Å². The summed E-state index contributed by atoms with van der Waals surface area (Å²) in [5.74, 6) is -0.268. The van der Waals surface area contributed by atoms with Crippen LogP contribution in [0.25, 0.3) is 0 Å². The van der Waals surface area contributed by atoms with Gasteiger partial charge in [-0.05, 0) is 12.1 Å². The summed E-state index contributed by atoms with van der Waals surface area (Å²) in [5, 5.41) is 7.70. The Kier molecular flexibility index (Phi) is 2.79. The van der Waals surface area contributed by atoms with Crippen LogP contribution in [0.2, 0.25) is 0 Å². The lowest BCUT2D eigenvalue weighted by molar-refractivity contribution is 0.0961. The number of anilines is 2. The second-order valence-corrected chi connectivity index (χ2v) is 4.50. The second-order valence-electron chi connectivity index (χ2n) is 4.50. The third kappa shape index (κ3) is 1.88. The molecule has 2 heterocycles. The van der Waals surface area contributed by atoms with E-state index in [1.807, 2.05) is 0 Å². The summed E-state index contributed by atoms with van der Waals surface area (Å²) < 4.78 is 6.57. The third-order valence-electron chi connectivity index (χ3n) is 3.17. The molecule has 0 unspecified atom stereocenters. The van der Waals surface area contributed by atoms with Crippen molar-refractivity contribution in [3.8, 4) is 11.5 Å². The standard InChI is InChI=1S/C13H12N4O4/c1-14-11(18)6-4-3-5-7-9(6)21-10-8(15-7)12(19)16-17(2)13(10)20/h3-5,15H,1-2H3,(H,14,18)(H,16,19). The van der Waals surface area contributed by atoms with E-state index in [0.29, 0.717) is 5.69 Å². The molecule has 0 saturated carbocycles. The summed E-state index contributed by atoms with van der Waals surface area (Å²) in [4.78, 5) is 35.8. The summed E-state index contributed by atoms with van der Waals surface area (Å²) >= 11 is 0. The molecule has 21 heavy (non-hydrogen) atoms. The Balaban J connectivity index is 2.23. The van der Waals surface area contributed by atoms with Crippen LogP contribution >= 0.6 is 0 Å². The molecule has 8 nitrogen and oxygen atoms in total. The highest BCUT2D eigenvalue weighted by Gasteiger charge is 2.26. The number of hydrogen-bond donors (Lipinski definition) is 3. The number of hydrogen-bond acceptors (Lipinski definition) is 5. The average molecular weight is 288 g/mol. The molecule has 0 aliphatic carbocycles. The van der Waals surface area contributed by atoms with Crippen molar-refractivity contribution >= 4 is 17.3 Å². The summed E-state index contributed by atoms with van der Waals surface area (Å²) in [6.07, 6.45) is 0. The van der Waals surface area contributed by atoms with Gasteiger partial charge >= 0.3 is 5.56 Å². The fourth-order valence-electron chi connectivity index (χ4n) is 2.13. The number of aryl methyl sites for hydroxylation is 1. The molecular formula is C13H12N4O4. The first-order chi connectivity index (χ1) is 10.0. The number of rotatable bonds is 1. The predicted octanol–water partition coefficient (Wildman–Crippen LogP) is 0.282. The molecule has 1 aromatic carbocycles. The molecule has 0 fully saturated rings. The highest BCUT2D eigenvalue weighted by molar-refractivity contribution is 5.99. The number of nitrogens with one attached hydrogen (secondary N) is 3. The Morgan fingerprint density at radius 3 is 2.76 bits per heavy atom. The van der Waals surface area contributed by atoms with Gasteiger partial charge in [0, 0.05) is 14.1 Å². The zero-order chi connectivity index (χ0) is 15.1. The van der Waals surface area contributed by atoms with Crippen LogP contribution in [0, 0.1) is 0 Å². The number of carbonyl (C=O) groups is 1. The number of nitrogens with zero attached hydrogens (tertiary/aromatic N) is 1. The average Bonchev–Trinajstić information content (AvgIpc) is 2.50. The maximum absolute atomic E-state index is 12.1. The van der Waals surface area contributed by atoms with Gasteiger partial charge in [0.05, 0.1) is 11.3 Å². The molecule has 108 valence electrons. The van der Waals surface area contributed by atoms with Crippen molar-refractivity contribution in [2.45, 2.75) is 0 Å². The van der Waals surface area contributed by atoms with E-state index >= 15 is 0 Å². The molecule has 1 aromatic heterocycles. The highest BCUT2D eigenvalue weighted by Crippen LogP contribution is 2.40. The quantitative estimate of drug-likeness (QED) is 0.596. The molecule has 1 amide bonds. The largest absolute Gasteiger partial charge is 0.446 e. The van der Waals surface area contributed by atoms with E-state index in [2.05, 4.69) is 15.7 Å². The number of carbonyl (C=O) groups excluding carboxylic acids is 1. The lowest BCUT2D eigenvalue weighted by Gasteiger charge is -2.22. The Morgan fingerprint density at radius 1 is 1.29 bits per heavy atom. The molecule has 0 spiro atoms. The predicted molar refractivity (Wildman–Crippen MR) is 75.5 cm³/mol. The number of benzene rings is 1. The molecule has 1 aliphatic rings. The first-order valence-corrected chi connectivity index (χ1v) is 6.16. The highest BCUT2D eigenvalue weighted by atomic mass is 16.5. The van der Waals surface area contributed by atoms with Crippen molar-refractivity contribution < 1.29 is 9.53 Å². The van der Waals surface area contributed by atoms with Gasteiger partial charge in [-0.25, -0.2) is 0 Å². The first kappa shape index (κ1) is 13.0. The number of para-hydroxylation sites is 1. The van der Waals surface area contributed by atoms with Crippen molar-refractivity contribution in [2.75, 3.05) is 12.4 Å². The van der Waals surface area contributed by atoms with Crippen LogP contribution < -0.4 is 26.5 Å². The van der Waals surface area contributed by atoms with Crippen LogP contribution in [0.5, 0.6) is 11.5 Å². The summed E-state index contributed by atoms with van der Waals surface area (Å²) in [5.41, 5.74) is -0.241. The minimum absolute atomic E-state index is 0.0275. The van der Waals surface area contributed by atoms with E-state index in [0.717, 1.165) is 4.68 Å². The Bertz CT molecular complexity index is 865. The summed E-state index contributed by atoms with van der Waals surface area (Å²) in [6.45, 7) is 0. The van der Waals surface area contributed by atoms with Gasteiger partial charge in [0.25, 0.3) is 11.5 Å². The molecule has 0 saturated heterocycles. The molecule has 0 bridgehead atoms. The zero-order valence-electron chi connectivity index (χ0n) is 11.3. The van der Waals surface area contributed by atoms with Gasteiger partial charge in [0.2, 0.25) is 5.75 Å².